The number of thioether (sulfide) groups is 1. The highest BCUT2D eigenvalue weighted by atomic mass is 127. The SMILES string of the molecule is CCOC(=O)c1ccc(SCC)cc1I. The Morgan fingerprint density at radius 1 is 1.47 bits per heavy atom. The molecule has 0 aliphatic heterocycles. The zero-order valence-corrected chi connectivity index (χ0v) is 11.7. The minimum Gasteiger partial charge on any atom is -0.462 e. The fraction of sp³-hybridized carbons (Fsp3) is 0.364. The molecule has 82 valence electrons. The Balaban J connectivity index is 2.87. The molecule has 0 spiro atoms. The number of hydrogen-bond acceptors (Lipinski definition) is 3. The van der Waals surface area contributed by atoms with Crippen LogP contribution >= 0.6 is 34.4 Å². The Morgan fingerprint density at radius 3 is 2.73 bits per heavy atom. The van der Waals surface area contributed by atoms with Gasteiger partial charge in [0.25, 0.3) is 0 Å². The number of esters is 1. The molecule has 0 aromatic heterocycles. The van der Waals surface area contributed by atoms with E-state index in [9.17, 15) is 4.79 Å². The maximum Gasteiger partial charge on any atom is 0.339 e. The highest BCUT2D eigenvalue weighted by Crippen LogP contribution is 2.23. The van der Waals surface area contributed by atoms with Crippen LogP contribution < -0.4 is 0 Å². The van der Waals surface area contributed by atoms with Crippen LogP contribution in [-0.4, -0.2) is 18.3 Å². The van der Waals surface area contributed by atoms with Gasteiger partial charge in [0.05, 0.1) is 12.2 Å². The van der Waals surface area contributed by atoms with Gasteiger partial charge in [-0.3, -0.25) is 0 Å². The lowest BCUT2D eigenvalue weighted by molar-refractivity contribution is 0.0525. The van der Waals surface area contributed by atoms with Gasteiger partial charge in [-0.25, -0.2) is 4.79 Å². The third-order valence-electron chi connectivity index (χ3n) is 1.75. The standard InChI is InChI=1S/C11H13IO2S/c1-3-14-11(13)9-6-5-8(15-4-2)7-10(9)12/h5-7H,3-4H2,1-2H3. The molecule has 0 radical (unpaired) electrons. The van der Waals surface area contributed by atoms with Crippen molar-refractivity contribution in [1.82, 2.24) is 0 Å². The molecule has 0 unspecified atom stereocenters. The fourth-order valence-corrected chi connectivity index (χ4v) is 2.77. The summed E-state index contributed by atoms with van der Waals surface area (Å²) >= 11 is 3.93. The molecule has 0 aliphatic rings. The second kappa shape index (κ2) is 6.37. The summed E-state index contributed by atoms with van der Waals surface area (Å²) in [6, 6.07) is 5.81. The van der Waals surface area contributed by atoms with Crippen LogP contribution in [0.4, 0.5) is 0 Å². The first-order valence-corrected chi connectivity index (χ1v) is 6.85. The fourth-order valence-electron chi connectivity index (χ4n) is 1.13. The van der Waals surface area contributed by atoms with Gasteiger partial charge in [0.2, 0.25) is 0 Å². The maximum absolute atomic E-state index is 11.5. The van der Waals surface area contributed by atoms with Crippen molar-refractivity contribution in [3.8, 4) is 0 Å². The van der Waals surface area contributed by atoms with Gasteiger partial charge in [-0.2, -0.15) is 0 Å². The Labute approximate surface area is 108 Å². The molecular weight excluding hydrogens is 323 g/mol. The zero-order valence-electron chi connectivity index (χ0n) is 8.75. The van der Waals surface area contributed by atoms with Crippen LogP contribution in [0.3, 0.4) is 0 Å². The summed E-state index contributed by atoms with van der Waals surface area (Å²) in [4.78, 5) is 12.7. The van der Waals surface area contributed by atoms with Crippen molar-refractivity contribution in [2.45, 2.75) is 18.7 Å². The monoisotopic (exact) mass is 336 g/mol. The topological polar surface area (TPSA) is 26.3 Å². The Hall–Kier alpha value is -0.230. The van der Waals surface area contributed by atoms with Crippen LogP contribution in [0.5, 0.6) is 0 Å². The van der Waals surface area contributed by atoms with Crippen LogP contribution in [0.1, 0.15) is 24.2 Å². The van der Waals surface area contributed by atoms with Crippen LogP contribution in [0.15, 0.2) is 23.1 Å². The van der Waals surface area contributed by atoms with Gasteiger partial charge in [0.15, 0.2) is 0 Å². The molecule has 1 aromatic rings. The molecule has 2 nitrogen and oxygen atoms in total. The number of carbonyl (C=O) groups excluding carboxylic acids is 1. The smallest absolute Gasteiger partial charge is 0.339 e. The van der Waals surface area contributed by atoms with Crippen LogP contribution in [-0.2, 0) is 4.74 Å². The molecule has 0 amide bonds. The Morgan fingerprint density at radius 2 is 2.20 bits per heavy atom. The average molecular weight is 336 g/mol. The van der Waals surface area contributed by atoms with E-state index in [1.54, 1.807) is 11.8 Å². The third kappa shape index (κ3) is 3.68. The summed E-state index contributed by atoms with van der Waals surface area (Å²) in [6.07, 6.45) is 0. The molecule has 0 saturated carbocycles. The lowest BCUT2D eigenvalue weighted by Gasteiger charge is -2.05. The summed E-state index contributed by atoms with van der Waals surface area (Å²) < 4.78 is 5.91. The molecule has 1 aromatic carbocycles. The first kappa shape index (κ1) is 12.8. The van der Waals surface area contributed by atoms with Crippen molar-refractivity contribution in [1.29, 1.82) is 0 Å². The number of halogens is 1. The van der Waals surface area contributed by atoms with Gasteiger partial charge in [-0.05, 0) is 53.5 Å². The molecule has 0 atom stereocenters. The third-order valence-corrected chi connectivity index (χ3v) is 3.52. The van der Waals surface area contributed by atoms with Gasteiger partial charge in [-0.1, -0.05) is 6.92 Å². The molecular formula is C11H13IO2S. The molecule has 0 aliphatic carbocycles. The summed E-state index contributed by atoms with van der Waals surface area (Å²) in [6.45, 7) is 4.34. The molecule has 15 heavy (non-hydrogen) atoms. The molecule has 0 N–H and O–H groups in total. The molecule has 1 rings (SSSR count). The molecule has 0 fully saturated rings. The van der Waals surface area contributed by atoms with Gasteiger partial charge in [0, 0.05) is 8.47 Å². The summed E-state index contributed by atoms with van der Waals surface area (Å²) in [5.74, 6) is 0.796. The highest BCUT2D eigenvalue weighted by Gasteiger charge is 2.10. The Bertz CT molecular complexity index is 352. The average Bonchev–Trinajstić information content (AvgIpc) is 2.18. The lowest BCUT2D eigenvalue weighted by atomic mass is 10.2. The minimum absolute atomic E-state index is 0.241. The van der Waals surface area contributed by atoms with Crippen LogP contribution in [0, 0.1) is 3.57 Å². The van der Waals surface area contributed by atoms with Crippen LogP contribution in [0.2, 0.25) is 0 Å². The zero-order chi connectivity index (χ0) is 11.3. The number of ether oxygens (including phenoxy) is 1. The van der Waals surface area contributed by atoms with Crippen molar-refractivity contribution in [2.24, 2.45) is 0 Å². The molecule has 0 heterocycles. The van der Waals surface area contributed by atoms with Gasteiger partial charge in [0.1, 0.15) is 0 Å². The van der Waals surface area contributed by atoms with E-state index in [0.29, 0.717) is 12.2 Å². The Kier molecular flexibility index (Phi) is 5.45. The lowest BCUT2D eigenvalue weighted by Crippen LogP contribution is -2.06. The van der Waals surface area contributed by atoms with Crippen molar-refractivity contribution in [3.05, 3.63) is 27.3 Å². The minimum atomic E-state index is -0.241. The second-order valence-corrected chi connectivity index (χ2v) is 5.29. The van der Waals surface area contributed by atoms with Crippen molar-refractivity contribution >= 4 is 40.3 Å². The van der Waals surface area contributed by atoms with Gasteiger partial charge >= 0.3 is 5.97 Å². The first-order valence-electron chi connectivity index (χ1n) is 4.78. The van der Waals surface area contributed by atoms with E-state index in [4.69, 9.17) is 4.74 Å². The molecule has 0 bridgehead atoms. The largest absolute Gasteiger partial charge is 0.462 e. The maximum atomic E-state index is 11.5. The van der Waals surface area contributed by atoms with E-state index in [1.807, 2.05) is 25.1 Å². The van der Waals surface area contributed by atoms with Crippen molar-refractivity contribution in [3.63, 3.8) is 0 Å². The van der Waals surface area contributed by atoms with E-state index in [0.717, 1.165) is 9.32 Å². The van der Waals surface area contributed by atoms with E-state index in [1.165, 1.54) is 4.90 Å². The number of hydrogen-bond donors (Lipinski definition) is 0. The van der Waals surface area contributed by atoms with Crippen LogP contribution in [0.25, 0.3) is 0 Å². The molecule has 4 heteroatoms. The molecule has 0 saturated heterocycles. The van der Waals surface area contributed by atoms with Gasteiger partial charge < -0.3 is 4.74 Å². The van der Waals surface area contributed by atoms with Crippen molar-refractivity contribution in [2.75, 3.05) is 12.4 Å². The summed E-state index contributed by atoms with van der Waals surface area (Å²) in [5, 5.41) is 0. The number of rotatable bonds is 4. The second-order valence-electron chi connectivity index (χ2n) is 2.80. The predicted molar refractivity (Wildman–Crippen MR) is 71.5 cm³/mol. The van der Waals surface area contributed by atoms with E-state index in [-0.39, 0.29) is 5.97 Å². The van der Waals surface area contributed by atoms with Gasteiger partial charge in [-0.15, -0.1) is 11.8 Å². The summed E-state index contributed by atoms with van der Waals surface area (Å²) in [5.41, 5.74) is 0.651. The number of carbonyl (C=O) groups is 1. The summed E-state index contributed by atoms with van der Waals surface area (Å²) in [7, 11) is 0. The van der Waals surface area contributed by atoms with E-state index < -0.39 is 0 Å². The number of benzene rings is 1. The van der Waals surface area contributed by atoms with E-state index >= 15 is 0 Å². The predicted octanol–water partition coefficient (Wildman–Crippen LogP) is 3.58. The van der Waals surface area contributed by atoms with Crippen molar-refractivity contribution < 1.29 is 9.53 Å². The highest BCUT2D eigenvalue weighted by molar-refractivity contribution is 14.1. The normalized spacial score (nSPS) is 10.1. The van der Waals surface area contributed by atoms with E-state index in [2.05, 4.69) is 29.5 Å². The quantitative estimate of drug-likeness (QED) is 0.478. The first-order chi connectivity index (χ1) is 7.19.